The zero-order valence-electron chi connectivity index (χ0n) is 19.4. The molecule has 1 aliphatic rings. The maximum absolute atomic E-state index is 13.7. The summed E-state index contributed by atoms with van der Waals surface area (Å²) < 4.78 is 18.9. The van der Waals surface area contributed by atoms with E-state index >= 15 is 0 Å². The van der Waals surface area contributed by atoms with Crippen LogP contribution in [0.15, 0.2) is 61.9 Å². The number of halogens is 2. The molecular weight excluding hydrogens is 556 g/mol. The lowest BCUT2D eigenvalue weighted by Crippen LogP contribution is -2.40. The fraction of sp³-hybridized carbons (Fsp3) is 0.240. The molecule has 0 aliphatic carbocycles. The average molecular weight is 578 g/mol. The van der Waals surface area contributed by atoms with Crippen LogP contribution in [0.3, 0.4) is 0 Å². The minimum atomic E-state index is -0.798. The van der Waals surface area contributed by atoms with E-state index in [1.807, 2.05) is 18.2 Å². The van der Waals surface area contributed by atoms with Crippen molar-refractivity contribution in [3.63, 3.8) is 0 Å². The molecule has 1 aliphatic heterocycles. The first-order valence-electron chi connectivity index (χ1n) is 10.7. The second-order valence-electron chi connectivity index (χ2n) is 7.55. The first kappa shape index (κ1) is 25.2. The molecule has 35 heavy (non-hydrogen) atoms. The number of benzene rings is 2. The third-order valence-electron chi connectivity index (χ3n) is 5.51. The van der Waals surface area contributed by atoms with Crippen LogP contribution >= 0.6 is 38.9 Å². The number of esters is 1. The van der Waals surface area contributed by atoms with E-state index in [4.69, 9.17) is 25.8 Å². The van der Waals surface area contributed by atoms with Gasteiger partial charge >= 0.3 is 5.97 Å². The molecule has 7 nitrogen and oxygen atoms in total. The number of rotatable bonds is 6. The van der Waals surface area contributed by atoms with Gasteiger partial charge < -0.3 is 14.2 Å². The molecule has 0 spiro atoms. The Morgan fingerprint density at radius 3 is 2.57 bits per heavy atom. The number of carbonyl (C=O) groups is 1. The number of ether oxygens (including phenoxy) is 3. The van der Waals surface area contributed by atoms with E-state index in [9.17, 15) is 9.59 Å². The highest BCUT2D eigenvalue weighted by atomic mass is 79.9. The summed E-state index contributed by atoms with van der Waals surface area (Å²) in [5, 5.41) is 0.529. The Labute approximate surface area is 219 Å². The Kier molecular flexibility index (Phi) is 7.49. The van der Waals surface area contributed by atoms with Gasteiger partial charge in [-0.25, -0.2) is 9.79 Å². The molecule has 0 saturated heterocycles. The summed E-state index contributed by atoms with van der Waals surface area (Å²) in [6.45, 7) is 3.65. The van der Waals surface area contributed by atoms with Crippen molar-refractivity contribution in [1.29, 1.82) is 0 Å². The van der Waals surface area contributed by atoms with Crippen LogP contribution in [0.5, 0.6) is 11.5 Å². The maximum atomic E-state index is 13.7. The van der Waals surface area contributed by atoms with Crippen LogP contribution in [0.4, 0.5) is 0 Å². The van der Waals surface area contributed by atoms with E-state index in [2.05, 4.69) is 20.9 Å². The number of allylic oxidation sites excluding steroid dienone is 1. The smallest absolute Gasteiger partial charge is 0.338 e. The Morgan fingerprint density at radius 1 is 1.23 bits per heavy atom. The number of carbonyl (C=O) groups excluding carboxylic acids is 1. The van der Waals surface area contributed by atoms with Crippen LogP contribution in [0.1, 0.15) is 31.0 Å². The number of thiazole rings is 1. The van der Waals surface area contributed by atoms with E-state index < -0.39 is 12.0 Å². The maximum Gasteiger partial charge on any atom is 0.338 e. The van der Waals surface area contributed by atoms with Crippen LogP contribution in [-0.4, -0.2) is 31.4 Å². The van der Waals surface area contributed by atoms with Gasteiger partial charge in [-0.15, -0.1) is 0 Å². The van der Waals surface area contributed by atoms with Crippen LogP contribution in [-0.2, 0) is 9.53 Å². The Balaban J connectivity index is 2.03. The minimum Gasteiger partial charge on any atom is -0.493 e. The lowest BCUT2D eigenvalue weighted by Gasteiger charge is -2.26. The molecule has 0 fully saturated rings. The highest BCUT2D eigenvalue weighted by Gasteiger charge is 2.35. The fourth-order valence-corrected chi connectivity index (χ4v) is 5.67. The Hall–Kier alpha value is -2.88. The first-order chi connectivity index (χ1) is 16.8. The molecule has 2 heterocycles. The number of aromatic nitrogens is 1. The van der Waals surface area contributed by atoms with Gasteiger partial charge in [0, 0.05) is 9.50 Å². The van der Waals surface area contributed by atoms with Crippen molar-refractivity contribution in [1.82, 2.24) is 4.57 Å². The SMILES string of the molecule is CCOC(=O)C1=C(C)N=c2s/c(=C/c3ccccc3Cl)c(=O)n2[C@H]1c1cc(OC)c(OC)cc1Br. The van der Waals surface area contributed by atoms with E-state index in [1.54, 1.807) is 38.1 Å². The predicted octanol–water partition coefficient (Wildman–Crippen LogP) is 4.23. The van der Waals surface area contributed by atoms with Crippen LogP contribution in [0.25, 0.3) is 6.08 Å². The third kappa shape index (κ3) is 4.68. The minimum absolute atomic E-state index is 0.187. The molecule has 3 aromatic rings. The molecule has 1 atom stereocenters. The summed E-state index contributed by atoms with van der Waals surface area (Å²) in [7, 11) is 3.06. The van der Waals surface area contributed by atoms with Gasteiger partial charge in [-0.05, 0) is 49.2 Å². The number of fused-ring (bicyclic) bond motifs is 1. The van der Waals surface area contributed by atoms with Gasteiger partial charge in [-0.1, -0.05) is 57.1 Å². The third-order valence-corrected chi connectivity index (χ3v) is 7.52. The molecule has 0 radical (unpaired) electrons. The van der Waals surface area contributed by atoms with Crippen molar-refractivity contribution in [2.45, 2.75) is 19.9 Å². The second-order valence-corrected chi connectivity index (χ2v) is 9.82. The summed E-state index contributed by atoms with van der Waals surface area (Å²) in [5.74, 6) is 0.426. The molecule has 4 rings (SSSR count). The van der Waals surface area contributed by atoms with Crippen molar-refractivity contribution in [2.75, 3.05) is 20.8 Å². The van der Waals surface area contributed by atoms with Crippen molar-refractivity contribution in [2.24, 2.45) is 4.99 Å². The van der Waals surface area contributed by atoms with Crippen LogP contribution in [0, 0.1) is 0 Å². The van der Waals surface area contributed by atoms with E-state index in [0.717, 1.165) is 0 Å². The van der Waals surface area contributed by atoms with Crippen molar-refractivity contribution < 1.29 is 19.0 Å². The first-order valence-corrected chi connectivity index (χ1v) is 12.6. The second kappa shape index (κ2) is 10.4. The molecular formula is C25H22BrClN2O5S. The predicted molar refractivity (Wildman–Crippen MR) is 139 cm³/mol. The van der Waals surface area contributed by atoms with E-state index in [1.165, 1.54) is 30.1 Å². The molecule has 0 saturated carbocycles. The number of hydrogen-bond acceptors (Lipinski definition) is 7. The van der Waals surface area contributed by atoms with Crippen LogP contribution in [0.2, 0.25) is 5.02 Å². The normalized spacial score (nSPS) is 15.5. The van der Waals surface area contributed by atoms with Gasteiger partial charge in [0.2, 0.25) is 0 Å². The lowest BCUT2D eigenvalue weighted by atomic mass is 9.95. The molecule has 1 aromatic heterocycles. The highest BCUT2D eigenvalue weighted by Crippen LogP contribution is 2.40. The zero-order chi connectivity index (χ0) is 25.3. The molecule has 182 valence electrons. The summed E-state index contributed by atoms with van der Waals surface area (Å²) in [5.41, 5.74) is 1.79. The Morgan fingerprint density at radius 2 is 1.91 bits per heavy atom. The van der Waals surface area contributed by atoms with Gasteiger partial charge in [0.15, 0.2) is 16.3 Å². The fourth-order valence-electron chi connectivity index (χ4n) is 3.90. The molecule has 0 amide bonds. The Bertz CT molecular complexity index is 1530. The summed E-state index contributed by atoms with van der Waals surface area (Å²) in [6.07, 6.45) is 1.73. The largest absolute Gasteiger partial charge is 0.493 e. The summed E-state index contributed by atoms with van der Waals surface area (Å²) in [6, 6.07) is 9.96. The van der Waals surface area contributed by atoms with E-state index in [-0.39, 0.29) is 17.7 Å². The van der Waals surface area contributed by atoms with Crippen LogP contribution < -0.4 is 24.4 Å². The molecule has 0 bridgehead atoms. The summed E-state index contributed by atoms with van der Waals surface area (Å²) >= 11 is 11.1. The van der Waals surface area contributed by atoms with Gasteiger partial charge in [-0.3, -0.25) is 9.36 Å². The quantitative estimate of drug-likeness (QED) is 0.410. The van der Waals surface area contributed by atoms with Gasteiger partial charge in [-0.2, -0.15) is 0 Å². The molecule has 0 unspecified atom stereocenters. The van der Waals surface area contributed by atoms with E-state index in [0.29, 0.717) is 47.2 Å². The van der Waals surface area contributed by atoms with Crippen molar-refractivity contribution in [3.05, 3.63) is 88.0 Å². The number of nitrogens with zero attached hydrogens (tertiary/aromatic N) is 2. The standard InChI is InChI=1S/C25H22BrClN2O5S/c1-5-34-24(31)21-13(2)28-25-29(22(21)15-11-18(32-3)19(33-4)12-16(15)26)23(30)20(35-25)10-14-8-6-7-9-17(14)27/h6-12,22H,5H2,1-4H3/b20-10+/t22-/m0/s1. The van der Waals surface area contributed by atoms with Crippen molar-refractivity contribution >= 4 is 50.9 Å². The summed E-state index contributed by atoms with van der Waals surface area (Å²) in [4.78, 5) is 31.9. The van der Waals surface area contributed by atoms with Gasteiger partial charge in [0.05, 0.1) is 42.7 Å². The average Bonchev–Trinajstić information content (AvgIpc) is 3.14. The topological polar surface area (TPSA) is 79.1 Å². The number of hydrogen-bond donors (Lipinski definition) is 0. The molecule has 10 heteroatoms. The molecule has 0 N–H and O–H groups in total. The zero-order valence-corrected chi connectivity index (χ0v) is 22.6. The molecule has 2 aromatic carbocycles. The van der Waals surface area contributed by atoms with Gasteiger partial charge in [0.1, 0.15) is 0 Å². The number of methoxy groups -OCH3 is 2. The lowest BCUT2D eigenvalue weighted by molar-refractivity contribution is -0.139. The monoisotopic (exact) mass is 576 g/mol. The highest BCUT2D eigenvalue weighted by molar-refractivity contribution is 9.10. The van der Waals surface area contributed by atoms with Gasteiger partial charge in [0.25, 0.3) is 5.56 Å². The van der Waals surface area contributed by atoms with Crippen molar-refractivity contribution in [3.8, 4) is 11.5 Å².